The highest BCUT2D eigenvalue weighted by Crippen LogP contribution is 2.28. The number of allylic oxidation sites excluding steroid dienone is 1. The molecule has 0 aliphatic rings. The minimum absolute atomic E-state index is 0.177. The van der Waals surface area contributed by atoms with Crippen molar-refractivity contribution in [3.63, 3.8) is 0 Å². The lowest BCUT2D eigenvalue weighted by molar-refractivity contribution is -0.115. The summed E-state index contributed by atoms with van der Waals surface area (Å²) in [4.78, 5) is 12.6. The van der Waals surface area contributed by atoms with Crippen LogP contribution in [0.2, 0.25) is 0 Å². The summed E-state index contributed by atoms with van der Waals surface area (Å²) in [6, 6.07) is 16.7. The Hall–Kier alpha value is -2.89. The largest absolute Gasteiger partial charge is 0.325 e. The van der Waals surface area contributed by atoms with Gasteiger partial charge in [-0.3, -0.25) is 9.36 Å². The van der Waals surface area contributed by atoms with Crippen LogP contribution in [0.4, 0.5) is 5.69 Å². The normalized spacial score (nSPS) is 11.5. The molecular formula is C21H18BrN5OS. The molecule has 1 N–H and O–H groups in total. The van der Waals surface area contributed by atoms with E-state index in [0.717, 1.165) is 10.0 Å². The van der Waals surface area contributed by atoms with Gasteiger partial charge in [0.15, 0.2) is 11.0 Å². The molecular weight excluding hydrogens is 450 g/mol. The molecule has 3 aromatic rings. The zero-order valence-electron chi connectivity index (χ0n) is 15.7. The number of aromatic nitrogens is 3. The number of nitriles is 1. The number of carbonyl (C=O) groups is 1. The summed E-state index contributed by atoms with van der Waals surface area (Å²) in [6.45, 7) is 6.15. The van der Waals surface area contributed by atoms with E-state index in [4.69, 9.17) is 5.26 Å². The Balaban J connectivity index is 1.78. The monoisotopic (exact) mass is 467 g/mol. The number of nitrogens with one attached hydrogen (secondary N) is 1. The number of nitrogens with zero attached hydrogens (tertiary/aromatic N) is 4. The summed E-state index contributed by atoms with van der Waals surface area (Å²) in [6.07, 6.45) is 1.77. The molecule has 0 saturated carbocycles. The van der Waals surface area contributed by atoms with Crippen LogP contribution in [0.3, 0.4) is 0 Å². The molecule has 146 valence electrons. The van der Waals surface area contributed by atoms with Crippen molar-refractivity contribution in [2.24, 2.45) is 0 Å². The van der Waals surface area contributed by atoms with Gasteiger partial charge in [-0.25, -0.2) is 0 Å². The third kappa shape index (κ3) is 5.13. The van der Waals surface area contributed by atoms with Crippen molar-refractivity contribution >= 4 is 39.3 Å². The standard InChI is InChI=1S/C21H18BrN5OS/c1-3-11-27-19(16-7-9-17(22)10-8-16)25-26-21(27)29-14(2)20(28)24-18-6-4-5-15(12-18)13-23/h3-10,12,14H,1,11H2,2H3,(H,24,28)/t14-/m1/s1. The molecule has 8 heteroatoms. The Kier molecular flexibility index (Phi) is 6.86. The highest BCUT2D eigenvalue weighted by molar-refractivity contribution is 9.10. The Morgan fingerprint density at radius 1 is 1.34 bits per heavy atom. The first kappa shape index (κ1) is 20.8. The maximum atomic E-state index is 12.6. The second-order valence-electron chi connectivity index (χ2n) is 6.15. The molecule has 0 aliphatic carbocycles. The average molecular weight is 468 g/mol. The number of amides is 1. The van der Waals surface area contributed by atoms with E-state index in [2.05, 4.69) is 44.1 Å². The molecule has 0 saturated heterocycles. The molecule has 3 rings (SSSR count). The second-order valence-corrected chi connectivity index (χ2v) is 8.38. The third-order valence-corrected chi connectivity index (χ3v) is 5.65. The lowest BCUT2D eigenvalue weighted by atomic mass is 10.2. The highest BCUT2D eigenvalue weighted by Gasteiger charge is 2.20. The van der Waals surface area contributed by atoms with E-state index in [0.29, 0.717) is 28.8 Å². The van der Waals surface area contributed by atoms with Gasteiger partial charge in [-0.2, -0.15) is 5.26 Å². The Labute approximate surface area is 181 Å². The summed E-state index contributed by atoms with van der Waals surface area (Å²) >= 11 is 4.75. The topological polar surface area (TPSA) is 83.6 Å². The zero-order valence-corrected chi connectivity index (χ0v) is 18.1. The number of benzene rings is 2. The first-order chi connectivity index (χ1) is 14.0. The van der Waals surface area contributed by atoms with Crippen molar-refractivity contribution in [3.05, 3.63) is 71.2 Å². The SMILES string of the molecule is C=CCn1c(S[C@H](C)C(=O)Nc2cccc(C#N)c2)nnc1-c1ccc(Br)cc1. The van der Waals surface area contributed by atoms with Gasteiger partial charge in [0.2, 0.25) is 5.91 Å². The third-order valence-electron chi connectivity index (χ3n) is 4.04. The first-order valence-corrected chi connectivity index (χ1v) is 10.5. The number of hydrogen-bond acceptors (Lipinski definition) is 5. The zero-order chi connectivity index (χ0) is 20.8. The van der Waals surface area contributed by atoms with Gasteiger partial charge in [-0.15, -0.1) is 16.8 Å². The summed E-state index contributed by atoms with van der Waals surface area (Å²) in [5, 5.41) is 20.7. The summed E-state index contributed by atoms with van der Waals surface area (Å²) in [7, 11) is 0. The van der Waals surface area contributed by atoms with E-state index in [1.807, 2.05) is 28.8 Å². The molecule has 1 heterocycles. The lowest BCUT2D eigenvalue weighted by Crippen LogP contribution is -2.23. The highest BCUT2D eigenvalue weighted by atomic mass is 79.9. The molecule has 1 atom stereocenters. The van der Waals surface area contributed by atoms with Gasteiger partial charge in [0.05, 0.1) is 16.9 Å². The minimum atomic E-state index is -0.411. The molecule has 6 nitrogen and oxygen atoms in total. The van der Waals surface area contributed by atoms with E-state index in [1.165, 1.54) is 11.8 Å². The molecule has 0 spiro atoms. The summed E-state index contributed by atoms with van der Waals surface area (Å²) < 4.78 is 2.91. The fourth-order valence-corrected chi connectivity index (χ4v) is 3.73. The van der Waals surface area contributed by atoms with Crippen molar-refractivity contribution in [3.8, 4) is 17.5 Å². The van der Waals surface area contributed by atoms with Crippen LogP contribution in [0.5, 0.6) is 0 Å². The summed E-state index contributed by atoms with van der Waals surface area (Å²) in [5.74, 6) is 0.540. The predicted octanol–water partition coefficient (Wildman–Crippen LogP) is 4.88. The van der Waals surface area contributed by atoms with Gasteiger partial charge in [-0.05, 0) is 37.3 Å². The van der Waals surface area contributed by atoms with E-state index in [9.17, 15) is 4.79 Å². The summed E-state index contributed by atoms with van der Waals surface area (Å²) in [5.41, 5.74) is 2.01. The van der Waals surface area contributed by atoms with Gasteiger partial charge in [-0.1, -0.05) is 52.0 Å². The van der Waals surface area contributed by atoms with E-state index >= 15 is 0 Å². The Morgan fingerprint density at radius 3 is 2.79 bits per heavy atom. The lowest BCUT2D eigenvalue weighted by Gasteiger charge is -2.13. The smallest absolute Gasteiger partial charge is 0.237 e. The number of carbonyl (C=O) groups excluding carboxylic acids is 1. The van der Waals surface area contributed by atoms with Gasteiger partial charge >= 0.3 is 0 Å². The molecule has 0 bridgehead atoms. The molecule has 0 unspecified atom stereocenters. The van der Waals surface area contributed by atoms with Gasteiger partial charge in [0.25, 0.3) is 0 Å². The van der Waals surface area contributed by atoms with Crippen LogP contribution in [0.1, 0.15) is 12.5 Å². The quantitative estimate of drug-likeness (QED) is 0.395. The predicted molar refractivity (Wildman–Crippen MR) is 118 cm³/mol. The van der Waals surface area contributed by atoms with Crippen LogP contribution in [-0.2, 0) is 11.3 Å². The van der Waals surface area contributed by atoms with Crippen LogP contribution in [0.25, 0.3) is 11.4 Å². The van der Waals surface area contributed by atoms with Crippen LogP contribution < -0.4 is 5.32 Å². The van der Waals surface area contributed by atoms with E-state index < -0.39 is 5.25 Å². The van der Waals surface area contributed by atoms with Crippen LogP contribution in [0.15, 0.2) is 70.8 Å². The number of thioether (sulfide) groups is 1. The molecule has 2 aromatic carbocycles. The van der Waals surface area contributed by atoms with Crippen molar-refractivity contribution in [2.45, 2.75) is 23.9 Å². The fraction of sp³-hybridized carbons (Fsp3) is 0.143. The minimum Gasteiger partial charge on any atom is -0.325 e. The number of halogens is 1. The van der Waals surface area contributed by atoms with Gasteiger partial charge in [0, 0.05) is 22.3 Å². The molecule has 29 heavy (non-hydrogen) atoms. The van der Waals surface area contributed by atoms with Gasteiger partial charge < -0.3 is 5.32 Å². The Morgan fingerprint density at radius 2 is 2.10 bits per heavy atom. The van der Waals surface area contributed by atoms with Crippen molar-refractivity contribution < 1.29 is 4.79 Å². The van der Waals surface area contributed by atoms with Crippen LogP contribution in [-0.4, -0.2) is 25.9 Å². The molecule has 1 amide bonds. The maximum absolute atomic E-state index is 12.6. The molecule has 1 aromatic heterocycles. The van der Waals surface area contributed by atoms with E-state index in [-0.39, 0.29) is 5.91 Å². The Bertz CT molecular complexity index is 1070. The molecule has 0 radical (unpaired) electrons. The second kappa shape index (κ2) is 9.54. The number of anilines is 1. The van der Waals surface area contributed by atoms with Crippen LogP contribution >= 0.6 is 27.7 Å². The molecule has 0 fully saturated rings. The van der Waals surface area contributed by atoms with Crippen molar-refractivity contribution in [1.82, 2.24) is 14.8 Å². The van der Waals surface area contributed by atoms with Crippen molar-refractivity contribution in [1.29, 1.82) is 5.26 Å². The average Bonchev–Trinajstić information content (AvgIpc) is 3.11. The number of hydrogen-bond donors (Lipinski definition) is 1. The van der Waals surface area contributed by atoms with Gasteiger partial charge in [0.1, 0.15) is 0 Å². The first-order valence-electron chi connectivity index (χ1n) is 8.79. The number of rotatable bonds is 7. The maximum Gasteiger partial charge on any atom is 0.237 e. The van der Waals surface area contributed by atoms with Crippen LogP contribution in [0, 0.1) is 11.3 Å². The fourth-order valence-electron chi connectivity index (χ4n) is 2.60. The molecule has 0 aliphatic heterocycles. The van der Waals surface area contributed by atoms with Crippen molar-refractivity contribution in [2.75, 3.05) is 5.32 Å². The van der Waals surface area contributed by atoms with E-state index in [1.54, 1.807) is 37.3 Å².